The zero-order chi connectivity index (χ0) is 33.8. The van der Waals surface area contributed by atoms with Crippen molar-refractivity contribution in [3.8, 4) is 5.75 Å². The molecule has 1 fully saturated rings. The van der Waals surface area contributed by atoms with Gasteiger partial charge >= 0.3 is 5.97 Å². The number of likely N-dealkylation sites (tertiary alicyclic amines) is 1. The molecular weight excluding hydrogens is 649 g/mol. The first-order valence-electron chi connectivity index (χ1n) is 15.7. The monoisotopic (exact) mass is 685 g/mol. The summed E-state index contributed by atoms with van der Waals surface area (Å²) in [5.74, 6) is -5.97. The van der Waals surface area contributed by atoms with E-state index < -0.39 is 54.2 Å². The van der Waals surface area contributed by atoms with E-state index in [0.29, 0.717) is 17.7 Å². The van der Waals surface area contributed by atoms with E-state index in [4.69, 9.17) is 8.85 Å². The van der Waals surface area contributed by atoms with Crippen molar-refractivity contribution < 1.29 is 58.6 Å². The summed E-state index contributed by atoms with van der Waals surface area (Å²) in [7, 11) is 0. The molecule has 4 aromatic carbocycles. The fraction of sp³-hybridized carbons (Fsp3) is 0.257. The second kappa shape index (κ2) is 14.8. The number of carbonyl (C=O) groups excluding carboxylic acids is 2. The van der Waals surface area contributed by atoms with Gasteiger partial charge in [0.25, 0.3) is 0 Å². The van der Waals surface area contributed by atoms with Crippen LogP contribution in [0.4, 0.5) is 13.2 Å². The lowest BCUT2D eigenvalue weighted by atomic mass is 9.75. The summed E-state index contributed by atoms with van der Waals surface area (Å²) in [6, 6.07) is 24.4. The van der Waals surface area contributed by atoms with Gasteiger partial charge in [0.15, 0.2) is 11.6 Å². The Bertz CT molecular complexity index is 1730. The van der Waals surface area contributed by atoms with Crippen LogP contribution in [0.1, 0.15) is 37.6 Å². The van der Waals surface area contributed by atoms with Crippen LogP contribution in [0.2, 0.25) is 0 Å². The van der Waals surface area contributed by atoms with Gasteiger partial charge in [-0.15, -0.1) is 0 Å². The highest BCUT2D eigenvalue weighted by Gasteiger charge is 2.50. The number of piperidine rings is 1. The minimum absolute atomic E-state index is 0. The zero-order valence-electron chi connectivity index (χ0n) is 27.2. The van der Waals surface area contributed by atoms with Crippen LogP contribution < -0.4 is 21.9 Å². The number of nitrogens with one attached hydrogen (secondary N) is 1. The molecule has 0 aliphatic carbocycles. The van der Waals surface area contributed by atoms with Crippen molar-refractivity contribution in [1.29, 1.82) is 0 Å². The van der Waals surface area contributed by atoms with Gasteiger partial charge in [-0.2, -0.15) is 0 Å². The highest BCUT2D eigenvalue weighted by atomic mass is 79.9. The lowest BCUT2D eigenvalue weighted by Crippen LogP contribution is -3.09. The second-order valence-electron chi connectivity index (χ2n) is 11.0. The molecule has 0 aromatic heterocycles. The number of aromatic hydroxyl groups is 1. The molecule has 1 unspecified atom stereocenters. The molecule has 2 N–H and O–H groups in total. The van der Waals surface area contributed by atoms with Crippen LogP contribution >= 0.6 is 0 Å². The Morgan fingerprint density at radius 2 is 1.64 bits per heavy atom. The van der Waals surface area contributed by atoms with Crippen molar-refractivity contribution in [1.82, 2.24) is 4.90 Å². The normalized spacial score (nSPS) is 19.8. The number of ether oxygens (including phenoxy) is 1. The van der Waals surface area contributed by atoms with Crippen LogP contribution in [0.3, 0.4) is 0 Å². The lowest BCUT2D eigenvalue weighted by Gasteiger charge is -2.47. The summed E-state index contributed by atoms with van der Waals surface area (Å²) in [4.78, 5) is 28.8. The van der Waals surface area contributed by atoms with Crippen molar-refractivity contribution in [3.63, 3.8) is 0 Å². The summed E-state index contributed by atoms with van der Waals surface area (Å²) < 4.78 is 73.6. The Hall–Kier alpha value is -4.15. The zero-order valence-corrected chi connectivity index (χ0v) is 25.8. The van der Waals surface area contributed by atoms with E-state index in [1.165, 1.54) is 17.0 Å². The maximum atomic E-state index is 14.5. The lowest BCUT2D eigenvalue weighted by molar-refractivity contribution is -0.898. The molecule has 5 rings (SSSR count). The third-order valence-corrected chi connectivity index (χ3v) is 8.01. The van der Waals surface area contributed by atoms with Crippen LogP contribution in [0.5, 0.6) is 5.75 Å². The number of quaternary nitrogens is 1. The predicted molar refractivity (Wildman–Crippen MR) is 158 cm³/mol. The number of carbonyl (C=O) groups is 2. The maximum absolute atomic E-state index is 14.5. The van der Waals surface area contributed by atoms with Gasteiger partial charge in [-0.05, 0) is 35.9 Å². The fourth-order valence-corrected chi connectivity index (χ4v) is 5.79. The first-order chi connectivity index (χ1) is 22.4. The summed E-state index contributed by atoms with van der Waals surface area (Å²) in [5, 5.41) is 10.5. The van der Waals surface area contributed by atoms with E-state index in [2.05, 4.69) is 0 Å². The number of hydrogen-bond donors (Lipinski definition) is 2. The molecule has 1 aliphatic rings. The van der Waals surface area contributed by atoms with Crippen LogP contribution in [0, 0.1) is 23.4 Å². The molecular formula is C35H34BrF3N2O4. The number of amides is 1. The van der Waals surface area contributed by atoms with Crippen LogP contribution in [-0.4, -0.2) is 48.5 Å². The number of hydrogen-bond acceptors (Lipinski definition) is 4. The second-order valence-corrected chi connectivity index (χ2v) is 11.0. The van der Waals surface area contributed by atoms with Gasteiger partial charge in [-0.1, -0.05) is 60.7 Å². The van der Waals surface area contributed by atoms with Gasteiger partial charge in [-0.3, -0.25) is 4.79 Å². The highest BCUT2D eigenvalue weighted by molar-refractivity contribution is 5.89. The Labute approximate surface area is 275 Å². The van der Waals surface area contributed by atoms with E-state index >= 15 is 0 Å². The molecule has 0 bridgehead atoms. The number of benzene rings is 4. The van der Waals surface area contributed by atoms with Gasteiger partial charge in [0.05, 0.1) is 35.5 Å². The summed E-state index contributed by atoms with van der Waals surface area (Å²) in [6.07, 6.45) is -0.566. The summed E-state index contributed by atoms with van der Waals surface area (Å²) >= 11 is 0. The van der Waals surface area contributed by atoms with E-state index in [9.17, 15) is 27.9 Å². The molecule has 6 nitrogen and oxygen atoms in total. The Kier molecular flexibility index (Phi) is 9.69. The molecule has 0 radical (unpaired) electrons. The molecule has 10 heteroatoms. The van der Waals surface area contributed by atoms with Crippen molar-refractivity contribution in [2.24, 2.45) is 5.92 Å². The number of phenolic OH excluding ortho intramolecular Hbond substituents is 1. The van der Waals surface area contributed by atoms with Crippen molar-refractivity contribution in [3.05, 3.63) is 137 Å². The van der Waals surface area contributed by atoms with E-state index in [1.54, 1.807) is 66.7 Å². The number of esters is 1. The predicted octanol–water partition coefficient (Wildman–Crippen LogP) is 1.67. The average Bonchev–Trinajstić information content (AvgIpc) is 3.04. The molecule has 1 aliphatic heterocycles. The average molecular weight is 687 g/mol. The van der Waals surface area contributed by atoms with Gasteiger partial charge in [-0.25, -0.2) is 18.0 Å². The Morgan fingerprint density at radius 3 is 2.33 bits per heavy atom. The Balaban J connectivity index is 0.00000520. The minimum atomic E-state index is -2.52. The molecule has 236 valence electrons. The van der Waals surface area contributed by atoms with Gasteiger partial charge in [0.1, 0.15) is 23.7 Å². The van der Waals surface area contributed by atoms with Crippen molar-refractivity contribution in [2.45, 2.75) is 25.0 Å². The number of rotatable bonds is 9. The Morgan fingerprint density at radius 1 is 0.956 bits per heavy atom. The molecule has 1 saturated heterocycles. The standard InChI is InChI=1S/C35H33F3N2O4.BrH/c1-39(21-24-9-4-2-5-10-24)22-28-23-40(33(42)18-26-17-31(37)32(38)20-30(26)36)16-15-35(28,27-13-8-14-29(41)19-27)44-34(43)25-11-6-3-7-12-25;/h2-14,17,19-20,28,41H,15-16,18,21-23H2,1H3;1H/t28-,35-;/m1./s1/i1D3;. The van der Waals surface area contributed by atoms with Crippen LogP contribution in [0.25, 0.3) is 0 Å². The van der Waals surface area contributed by atoms with E-state index in [1.807, 2.05) is 6.07 Å². The molecule has 1 amide bonds. The molecule has 45 heavy (non-hydrogen) atoms. The summed E-state index contributed by atoms with van der Waals surface area (Å²) in [5.41, 5.74) is -0.411. The van der Waals surface area contributed by atoms with Gasteiger partial charge in [0, 0.05) is 36.7 Å². The quantitative estimate of drug-likeness (QED) is 0.208. The third-order valence-electron chi connectivity index (χ3n) is 8.01. The van der Waals surface area contributed by atoms with Crippen LogP contribution in [-0.2, 0) is 28.1 Å². The summed E-state index contributed by atoms with van der Waals surface area (Å²) in [6.45, 7) is -2.65. The van der Waals surface area contributed by atoms with E-state index in [-0.39, 0.29) is 71.4 Å². The van der Waals surface area contributed by atoms with Crippen molar-refractivity contribution >= 4 is 11.9 Å². The van der Waals surface area contributed by atoms with Crippen molar-refractivity contribution in [2.75, 3.05) is 26.6 Å². The third kappa shape index (κ3) is 7.93. The van der Waals surface area contributed by atoms with Crippen LogP contribution in [0.15, 0.2) is 97.1 Å². The van der Waals surface area contributed by atoms with E-state index in [0.717, 1.165) is 5.56 Å². The smallest absolute Gasteiger partial charge is 0.339 e. The molecule has 3 atom stereocenters. The highest BCUT2D eigenvalue weighted by Crippen LogP contribution is 2.42. The first-order valence-corrected chi connectivity index (χ1v) is 14.2. The number of halogens is 4. The molecule has 4 aromatic rings. The SMILES string of the molecule is [2H]C([2H])([2H])[NH+](Cc1ccccc1)C[C@@H]1CN(C(=O)Cc2cc(F)c(F)cc2F)CC[C@@]1(OC(=O)c1ccccc1)c1cccc(O)c1.[Br-]. The fourth-order valence-electron chi connectivity index (χ4n) is 5.79. The molecule has 0 saturated carbocycles. The van der Waals surface area contributed by atoms with Gasteiger partial charge in [0.2, 0.25) is 5.91 Å². The maximum Gasteiger partial charge on any atom is 0.339 e. The molecule has 0 spiro atoms. The largest absolute Gasteiger partial charge is 1.00 e. The molecule has 1 heterocycles. The van der Waals surface area contributed by atoms with Gasteiger partial charge < -0.3 is 36.6 Å². The minimum Gasteiger partial charge on any atom is -1.00 e. The topological polar surface area (TPSA) is 71.3 Å². The number of nitrogens with zero attached hydrogens (tertiary/aromatic N) is 1. The number of phenols is 1. The first kappa shape index (κ1) is 29.6.